The maximum Gasteiger partial charge on any atom is 0.0654 e. The second-order valence-electron chi connectivity index (χ2n) is 5.08. The van der Waals surface area contributed by atoms with Gasteiger partial charge in [0.25, 0.3) is 0 Å². The van der Waals surface area contributed by atoms with Crippen LogP contribution in [0.25, 0.3) is 0 Å². The molecule has 2 rings (SSSR count). The minimum atomic E-state index is 0.154. The van der Waals surface area contributed by atoms with E-state index >= 15 is 0 Å². The van der Waals surface area contributed by atoms with Crippen molar-refractivity contribution >= 4 is 11.6 Å². The van der Waals surface area contributed by atoms with Crippen LogP contribution in [0.15, 0.2) is 0 Å². The smallest absolute Gasteiger partial charge is 0.0654 e. The van der Waals surface area contributed by atoms with Gasteiger partial charge in [0.05, 0.1) is 19.3 Å². The van der Waals surface area contributed by atoms with Crippen LogP contribution in [0.5, 0.6) is 0 Å². The summed E-state index contributed by atoms with van der Waals surface area (Å²) in [6.45, 7) is 6.99. The second kappa shape index (κ2) is 3.99. The highest BCUT2D eigenvalue weighted by Gasteiger charge is 2.48. The Morgan fingerprint density at radius 3 is 2.79 bits per heavy atom. The van der Waals surface area contributed by atoms with Gasteiger partial charge in [0.15, 0.2) is 0 Å². The molecule has 1 saturated carbocycles. The third-order valence-electron chi connectivity index (χ3n) is 3.62. The zero-order valence-electron chi connectivity index (χ0n) is 8.96. The number of ether oxygens (including phenoxy) is 2. The molecule has 0 amide bonds. The molecule has 1 heterocycles. The van der Waals surface area contributed by atoms with Crippen molar-refractivity contribution in [2.75, 3.05) is 19.8 Å². The minimum absolute atomic E-state index is 0.154. The monoisotopic (exact) mass is 218 g/mol. The maximum atomic E-state index is 6.13. The Balaban J connectivity index is 1.71. The van der Waals surface area contributed by atoms with Crippen LogP contribution in [-0.4, -0.2) is 31.3 Å². The predicted molar refractivity (Wildman–Crippen MR) is 56.7 cm³/mol. The van der Waals surface area contributed by atoms with Crippen molar-refractivity contribution in [1.29, 1.82) is 0 Å². The molecular formula is C11H19ClO2. The van der Waals surface area contributed by atoms with Crippen molar-refractivity contribution in [3.8, 4) is 0 Å². The van der Waals surface area contributed by atoms with Crippen LogP contribution in [0.2, 0.25) is 0 Å². The highest BCUT2D eigenvalue weighted by molar-refractivity contribution is 6.21. The Hall–Kier alpha value is 0.210. The van der Waals surface area contributed by atoms with Crippen LogP contribution < -0.4 is 0 Å². The summed E-state index contributed by atoms with van der Waals surface area (Å²) in [4.78, 5) is 0. The van der Waals surface area contributed by atoms with Crippen LogP contribution in [0.3, 0.4) is 0 Å². The maximum absolute atomic E-state index is 6.13. The van der Waals surface area contributed by atoms with Gasteiger partial charge in [-0.3, -0.25) is 0 Å². The first kappa shape index (κ1) is 10.7. The third-order valence-corrected chi connectivity index (χ3v) is 4.36. The van der Waals surface area contributed by atoms with E-state index in [-0.39, 0.29) is 10.8 Å². The van der Waals surface area contributed by atoms with Crippen LogP contribution in [0.1, 0.15) is 26.7 Å². The standard InChI is InChI=1S/C11H19ClO2/c1-11(2)9(12)5-10(11)14-7-8-3-4-13-6-8/h8-10H,3-7H2,1-2H3. The summed E-state index contributed by atoms with van der Waals surface area (Å²) in [5, 5.41) is 0.285. The summed E-state index contributed by atoms with van der Waals surface area (Å²) < 4.78 is 11.2. The highest BCUT2D eigenvalue weighted by Crippen LogP contribution is 2.46. The Morgan fingerprint density at radius 2 is 2.29 bits per heavy atom. The molecule has 82 valence electrons. The van der Waals surface area contributed by atoms with E-state index in [1.54, 1.807) is 0 Å². The molecule has 0 spiro atoms. The number of hydrogen-bond acceptors (Lipinski definition) is 2. The summed E-state index contributed by atoms with van der Waals surface area (Å²) in [5.74, 6) is 0.611. The van der Waals surface area contributed by atoms with Crippen LogP contribution in [0.4, 0.5) is 0 Å². The Labute approximate surface area is 90.9 Å². The zero-order valence-corrected chi connectivity index (χ0v) is 9.72. The lowest BCUT2D eigenvalue weighted by Gasteiger charge is -2.48. The van der Waals surface area contributed by atoms with Crippen molar-refractivity contribution in [3.63, 3.8) is 0 Å². The molecule has 0 radical (unpaired) electrons. The largest absolute Gasteiger partial charge is 0.381 e. The van der Waals surface area contributed by atoms with Crippen LogP contribution in [0, 0.1) is 11.3 Å². The van der Waals surface area contributed by atoms with Gasteiger partial charge in [-0.25, -0.2) is 0 Å². The van der Waals surface area contributed by atoms with Crippen molar-refractivity contribution in [2.24, 2.45) is 11.3 Å². The summed E-state index contributed by atoms with van der Waals surface area (Å²) in [6, 6.07) is 0. The molecule has 3 unspecified atom stereocenters. The Kier molecular flexibility index (Phi) is 3.06. The quantitative estimate of drug-likeness (QED) is 0.678. The first-order valence-corrected chi connectivity index (χ1v) is 5.87. The molecule has 0 N–H and O–H groups in total. The zero-order chi connectivity index (χ0) is 10.2. The lowest BCUT2D eigenvalue weighted by Crippen LogP contribution is -2.52. The van der Waals surface area contributed by atoms with Crippen molar-refractivity contribution in [1.82, 2.24) is 0 Å². The lowest BCUT2D eigenvalue weighted by atomic mass is 9.68. The van der Waals surface area contributed by atoms with E-state index in [0.717, 1.165) is 32.7 Å². The SMILES string of the molecule is CC1(C)C(Cl)CC1OCC1CCOC1. The fourth-order valence-corrected chi connectivity index (χ4v) is 2.39. The molecule has 3 heteroatoms. The van der Waals surface area contributed by atoms with Gasteiger partial charge in [0, 0.05) is 23.3 Å². The summed E-state index contributed by atoms with van der Waals surface area (Å²) >= 11 is 6.13. The predicted octanol–water partition coefficient (Wildman–Crippen LogP) is 2.45. The van der Waals surface area contributed by atoms with E-state index in [4.69, 9.17) is 21.1 Å². The molecular weight excluding hydrogens is 200 g/mol. The molecule has 2 nitrogen and oxygen atoms in total. The molecule has 0 aromatic carbocycles. The minimum Gasteiger partial charge on any atom is -0.381 e. The number of alkyl halides is 1. The van der Waals surface area contributed by atoms with Gasteiger partial charge in [-0.1, -0.05) is 13.8 Å². The van der Waals surface area contributed by atoms with Crippen LogP contribution >= 0.6 is 11.6 Å². The van der Waals surface area contributed by atoms with Gasteiger partial charge in [-0.05, 0) is 12.8 Å². The van der Waals surface area contributed by atoms with Gasteiger partial charge in [0.2, 0.25) is 0 Å². The fourth-order valence-electron chi connectivity index (χ4n) is 2.09. The van der Waals surface area contributed by atoms with Crippen molar-refractivity contribution in [3.05, 3.63) is 0 Å². The molecule has 1 aliphatic carbocycles. The normalized spacial score (nSPS) is 40.9. The summed E-state index contributed by atoms with van der Waals surface area (Å²) in [5.41, 5.74) is 0.154. The molecule has 1 saturated heterocycles. The molecule has 0 aromatic heterocycles. The van der Waals surface area contributed by atoms with E-state index in [9.17, 15) is 0 Å². The molecule has 2 aliphatic rings. The van der Waals surface area contributed by atoms with Crippen molar-refractivity contribution < 1.29 is 9.47 Å². The van der Waals surface area contributed by atoms with Crippen LogP contribution in [-0.2, 0) is 9.47 Å². The summed E-state index contributed by atoms with van der Waals surface area (Å²) in [7, 11) is 0. The van der Waals surface area contributed by atoms with E-state index in [0.29, 0.717) is 12.0 Å². The topological polar surface area (TPSA) is 18.5 Å². The average molecular weight is 219 g/mol. The molecule has 3 atom stereocenters. The van der Waals surface area contributed by atoms with Crippen molar-refractivity contribution in [2.45, 2.75) is 38.2 Å². The highest BCUT2D eigenvalue weighted by atomic mass is 35.5. The summed E-state index contributed by atoms with van der Waals surface area (Å²) in [6.07, 6.45) is 2.50. The first-order chi connectivity index (χ1) is 6.60. The van der Waals surface area contributed by atoms with E-state index in [2.05, 4.69) is 13.8 Å². The van der Waals surface area contributed by atoms with Gasteiger partial charge in [0.1, 0.15) is 0 Å². The first-order valence-electron chi connectivity index (χ1n) is 5.44. The van der Waals surface area contributed by atoms with E-state index < -0.39 is 0 Å². The number of hydrogen-bond donors (Lipinski definition) is 0. The average Bonchev–Trinajstić information content (AvgIpc) is 2.64. The lowest BCUT2D eigenvalue weighted by molar-refractivity contribution is -0.0987. The van der Waals surface area contributed by atoms with Gasteiger partial charge in [-0.2, -0.15) is 0 Å². The van der Waals surface area contributed by atoms with Gasteiger partial charge in [-0.15, -0.1) is 11.6 Å². The molecule has 0 aromatic rings. The van der Waals surface area contributed by atoms with E-state index in [1.165, 1.54) is 0 Å². The third kappa shape index (κ3) is 1.93. The second-order valence-corrected chi connectivity index (χ2v) is 5.60. The number of rotatable bonds is 3. The molecule has 2 fully saturated rings. The Morgan fingerprint density at radius 1 is 1.50 bits per heavy atom. The van der Waals surface area contributed by atoms with E-state index in [1.807, 2.05) is 0 Å². The van der Waals surface area contributed by atoms with Gasteiger partial charge < -0.3 is 9.47 Å². The number of halogens is 1. The van der Waals surface area contributed by atoms with Gasteiger partial charge >= 0.3 is 0 Å². The molecule has 0 bridgehead atoms. The molecule has 1 aliphatic heterocycles. The molecule has 14 heavy (non-hydrogen) atoms. The fraction of sp³-hybridized carbons (Fsp3) is 1.00. The Bertz CT molecular complexity index is 199.